The Kier molecular flexibility index (Phi) is 6.13. The van der Waals surface area contributed by atoms with E-state index in [1.165, 1.54) is 17.3 Å². The van der Waals surface area contributed by atoms with E-state index in [1.807, 2.05) is 18.2 Å². The molecule has 0 spiro atoms. The van der Waals surface area contributed by atoms with E-state index in [-0.39, 0.29) is 6.61 Å². The second-order valence-corrected chi connectivity index (χ2v) is 6.84. The minimum absolute atomic E-state index is 0.277. The molecule has 0 aliphatic heterocycles. The lowest BCUT2D eigenvalue weighted by Gasteiger charge is -2.14. The summed E-state index contributed by atoms with van der Waals surface area (Å²) in [7, 11) is 1.57. The molecular weight excluding hydrogens is 443 g/mol. The van der Waals surface area contributed by atoms with Gasteiger partial charge in [-0.2, -0.15) is 5.10 Å². The molecule has 26 heavy (non-hydrogen) atoms. The van der Waals surface area contributed by atoms with Gasteiger partial charge in [-0.05, 0) is 45.8 Å². The first-order chi connectivity index (χ1) is 12.6. The third-order valence-electron chi connectivity index (χ3n) is 3.39. The predicted molar refractivity (Wildman–Crippen MR) is 105 cm³/mol. The first kappa shape index (κ1) is 18.7. The van der Waals surface area contributed by atoms with Crippen molar-refractivity contribution in [1.29, 1.82) is 0 Å². The summed E-state index contributed by atoms with van der Waals surface area (Å²) in [6.07, 6.45) is 4.66. The molecule has 9 heteroatoms. The summed E-state index contributed by atoms with van der Waals surface area (Å²) in [5.74, 6) is 1.13. The summed E-state index contributed by atoms with van der Waals surface area (Å²) in [5, 5.41) is 12.7. The van der Waals surface area contributed by atoms with Crippen LogP contribution in [0.15, 0.2) is 52.6 Å². The highest BCUT2D eigenvalue weighted by molar-refractivity contribution is 9.10. The molecule has 0 amide bonds. The van der Waals surface area contributed by atoms with Crippen molar-refractivity contribution in [2.45, 2.75) is 6.61 Å². The van der Waals surface area contributed by atoms with Crippen LogP contribution in [0.3, 0.4) is 0 Å². The van der Waals surface area contributed by atoms with Crippen LogP contribution >= 0.6 is 39.1 Å². The average molecular weight is 456 g/mol. The summed E-state index contributed by atoms with van der Waals surface area (Å²) >= 11 is 15.6. The molecule has 0 saturated carbocycles. The molecule has 0 fully saturated rings. The summed E-state index contributed by atoms with van der Waals surface area (Å²) in [4.78, 5) is 0. The standard InChI is InChI=1S/C17H13BrCl2N4O2/c1-25-16-5-11(7-23-24-9-21-22-10-24)4-14(18)17(16)26-8-12-2-3-13(19)6-15(12)20/h2-7,9-10H,8H2,1H3/b23-7+. The lowest BCUT2D eigenvalue weighted by Crippen LogP contribution is -2.00. The van der Waals surface area contributed by atoms with Crippen molar-refractivity contribution >= 4 is 45.3 Å². The Morgan fingerprint density at radius 2 is 1.96 bits per heavy atom. The fourth-order valence-corrected chi connectivity index (χ4v) is 3.17. The third kappa shape index (κ3) is 4.55. The molecule has 3 rings (SSSR count). The molecule has 3 aromatic rings. The van der Waals surface area contributed by atoms with Crippen molar-refractivity contribution in [3.8, 4) is 11.5 Å². The topological polar surface area (TPSA) is 61.5 Å². The highest BCUT2D eigenvalue weighted by Gasteiger charge is 2.12. The fraction of sp³-hybridized carbons (Fsp3) is 0.118. The quantitative estimate of drug-likeness (QED) is 0.500. The number of methoxy groups -OCH3 is 1. The highest BCUT2D eigenvalue weighted by atomic mass is 79.9. The van der Waals surface area contributed by atoms with Gasteiger partial charge in [-0.1, -0.05) is 29.3 Å². The molecule has 2 aromatic carbocycles. The van der Waals surface area contributed by atoms with Gasteiger partial charge < -0.3 is 9.47 Å². The SMILES string of the molecule is COc1cc(/C=N/n2cnnc2)cc(Br)c1OCc1ccc(Cl)cc1Cl. The summed E-state index contributed by atoms with van der Waals surface area (Å²) in [5.41, 5.74) is 1.64. The van der Waals surface area contributed by atoms with Crippen LogP contribution in [-0.2, 0) is 6.61 Å². The monoisotopic (exact) mass is 454 g/mol. The fourth-order valence-electron chi connectivity index (χ4n) is 2.13. The third-order valence-corrected chi connectivity index (χ3v) is 4.56. The van der Waals surface area contributed by atoms with Gasteiger partial charge in [0, 0.05) is 15.6 Å². The molecule has 0 radical (unpaired) electrons. The van der Waals surface area contributed by atoms with Gasteiger partial charge in [0.1, 0.15) is 19.3 Å². The van der Waals surface area contributed by atoms with Crippen molar-refractivity contribution < 1.29 is 9.47 Å². The number of aromatic nitrogens is 3. The Balaban J connectivity index is 1.80. The zero-order valence-corrected chi connectivity index (χ0v) is 16.7. The smallest absolute Gasteiger partial charge is 0.175 e. The van der Waals surface area contributed by atoms with Crippen molar-refractivity contribution in [2.75, 3.05) is 7.11 Å². The van der Waals surface area contributed by atoms with E-state index in [4.69, 9.17) is 32.7 Å². The van der Waals surface area contributed by atoms with E-state index in [9.17, 15) is 0 Å². The molecular formula is C17H13BrCl2N4O2. The summed E-state index contributed by atoms with van der Waals surface area (Å²) < 4.78 is 13.6. The molecule has 134 valence electrons. The molecule has 0 atom stereocenters. The van der Waals surface area contributed by atoms with E-state index in [1.54, 1.807) is 25.5 Å². The second kappa shape index (κ2) is 8.53. The van der Waals surface area contributed by atoms with Gasteiger partial charge in [0.15, 0.2) is 11.5 Å². The number of rotatable bonds is 6. The molecule has 1 aromatic heterocycles. The summed E-state index contributed by atoms with van der Waals surface area (Å²) in [6.45, 7) is 0.277. The largest absolute Gasteiger partial charge is 0.493 e. The van der Waals surface area contributed by atoms with Gasteiger partial charge in [0.2, 0.25) is 0 Å². The molecule has 0 bridgehead atoms. The second-order valence-electron chi connectivity index (χ2n) is 5.14. The van der Waals surface area contributed by atoms with Crippen molar-refractivity contribution in [3.63, 3.8) is 0 Å². The zero-order valence-electron chi connectivity index (χ0n) is 13.6. The number of halogens is 3. The zero-order chi connectivity index (χ0) is 18.5. The van der Waals surface area contributed by atoms with Gasteiger partial charge in [0.25, 0.3) is 0 Å². The Morgan fingerprint density at radius 1 is 1.19 bits per heavy atom. The van der Waals surface area contributed by atoms with Crippen molar-refractivity contribution in [3.05, 3.63) is 68.6 Å². The van der Waals surface area contributed by atoms with Crippen LogP contribution in [0.2, 0.25) is 10.0 Å². The molecule has 1 heterocycles. The van der Waals surface area contributed by atoms with E-state index >= 15 is 0 Å². The summed E-state index contributed by atoms with van der Waals surface area (Å²) in [6, 6.07) is 8.96. The number of benzene rings is 2. The van der Waals surface area contributed by atoms with Gasteiger partial charge in [-0.25, -0.2) is 4.68 Å². The molecule has 0 saturated heterocycles. The maximum absolute atomic E-state index is 6.19. The van der Waals surface area contributed by atoms with Gasteiger partial charge in [-0.3, -0.25) is 0 Å². The molecule has 0 N–H and O–H groups in total. The Labute approximate surface area is 168 Å². The van der Waals surface area contributed by atoms with Crippen LogP contribution in [0.4, 0.5) is 0 Å². The highest BCUT2D eigenvalue weighted by Crippen LogP contribution is 2.37. The molecule has 0 aliphatic carbocycles. The normalized spacial score (nSPS) is 11.1. The Bertz CT molecular complexity index is 933. The van der Waals surface area contributed by atoms with E-state index in [0.717, 1.165) is 15.6 Å². The van der Waals surface area contributed by atoms with Crippen LogP contribution in [0.25, 0.3) is 0 Å². The maximum Gasteiger partial charge on any atom is 0.175 e. The number of nitrogens with zero attached hydrogens (tertiary/aromatic N) is 4. The predicted octanol–water partition coefficient (Wildman–Crippen LogP) is 4.82. The number of hydrogen-bond acceptors (Lipinski definition) is 5. The van der Waals surface area contributed by atoms with E-state index < -0.39 is 0 Å². The molecule has 0 aliphatic rings. The Hall–Kier alpha value is -2.09. The first-order valence-corrected chi connectivity index (χ1v) is 8.95. The van der Waals surface area contributed by atoms with Gasteiger partial charge in [-0.15, -0.1) is 10.2 Å². The minimum atomic E-state index is 0.277. The van der Waals surface area contributed by atoms with E-state index in [2.05, 4.69) is 31.2 Å². The molecule has 0 unspecified atom stereocenters. The van der Waals surface area contributed by atoms with Gasteiger partial charge in [0.05, 0.1) is 17.8 Å². The average Bonchev–Trinajstić information content (AvgIpc) is 3.13. The number of ether oxygens (including phenoxy) is 2. The van der Waals surface area contributed by atoms with Crippen molar-refractivity contribution in [2.24, 2.45) is 5.10 Å². The Morgan fingerprint density at radius 3 is 2.65 bits per heavy atom. The lowest BCUT2D eigenvalue weighted by molar-refractivity contribution is 0.282. The van der Waals surface area contributed by atoms with Crippen LogP contribution in [0, 0.1) is 0 Å². The van der Waals surface area contributed by atoms with Gasteiger partial charge >= 0.3 is 0 Å². The first-order valence-electron chi connectivity index (χ1n) is 7.40. The lowest BCUT2D eigenvalue weighted by atomic mass is 10.2. The van der Waals surface area contributed by atoms with Crippen LogP contribution < -0.4 is 9.47 Å². The van der Waals surface area contributed by atoms with Crippen LogP contribution in [0.5, 0.6) is 11.5 Å². The van der Waals surface area contributed by atoms with Crippen LogP contribution in [0.1, 0.15) is 11.1 Å². The number of hydrogen-bond donors (Lipinski definition) is 0. The minimum Gasteiger partial charge on any atom is -0.493 e. The molecule has 6 nitrogen and oxygen atoms in total. The van der Waals surface area contributed by atoms with E-state index in [0.29, 0.717) is 21.5 Å². The van der Waals surface area contributed by atoms with Crippen molar-refractivity contribution in [1.82, 2.24) is 14.9 Å². The van der Waals surface area contributed by atoms with Crippen LogP contribution in [-0.4, -0.2) is 28.2 Å². The maximum atomic E-state index is 6.19.